The Morgan fingerprint density at radius 3 is 2.90 bits per heavy atom. The molecular formula is C16H26N4O. The molecule has 0 aliphatic carbocycles. The molecule has 0 bridgehead atoms. The molecule has 5 nitrogen and oxygen atoms in total. The van der Waals surface area contributed by atoms with Crippen LogP contribution in [0.5, 0.6) is 0 Å². The highest BCUT2D eigenvalue weighted by Gasteiger charge is 2.26. The fourth-order valence-electron chi connectivity index (χ4n) is 3.03. The summed E-state index contributed by atoms with van der Waals surface area (Å²) in [4.78, 5) is 19.2. The average Bonchev–Trinajstić information content (AvgIpc) is 2.54. The number of carbonyl (C=O) groups is 1. The van der Waals surface area contributed by atoms with Gasteiger partial charge in [0.15, 0.2) is 0 Å². The summed E-state index contributed by atoms with van der Waals surface area (Å²) in [5, 5.41) is 0. The summed E-state index contributed by atoms with van der Waals surface area (Å²) in [6, 6.07) is 4.03. The summed E-state index contributed by atoms with van der Waals surface area (Å²) >= 11 is 0. The summed E-state index contributed by atoms with van der Waals surface area (Å²) < 4.78 is 0. The number of aryl methyl sites for hydroxylation is 1. The van der Waals surface area contributed by atoms with Crippen LogP contribution in [0, 0.1) is 0 Å². The van der Waals surface area contributed by atoms with Crippen molar-refractivity contribution in [3.05, 3.63) is 23.4 Å². The fourth-order valence-corrected chi connectivity index (χ4v) is 3.03. The number of anilines is 1. The number of rotatable bonds is 5. The SMILES string of the molecule is CCCc1cc(C(=O)N2CCCCC2CC)cc(NN)n1. The first-order valence-electron chi connectivity index (χ1n) is 7.98. The molecule has 0 radical (unpaired) electrons. The van der Waals surface area contributed by atoms with Crippen molar-refractivity contribution in [2.45, 2.75) is 58.4 Å². The quantitative estimate of drug-likeness (QED) is 0.646. The molecule has 1 atom stereocenters. The molecule has 1 aliphatic rings. The van der Waals surface area contributed by atoms with Gasteiger partial charge in [-0.1, -0.05) is 20.3 Å². The van der Waals surface area contributed by atoms with E-state index in [1.54, 1.807) is 6.07 Å². The minimum atomic E-state index is 0.109. The number of hydrogen-bond donors (Lipinski definition) is 2. The van der Waals surface area contributed by atoms with Crippen molar-refractivity contribution >= 4 is 11.7 Å². The molecule has 1 saturated heterocycles. The van der Waals surface area contributed by atoms with E-state index in [1.807, 2.05) is 11.0 Å². The number of nitrogens with one attached hydrogen (secondary N) is 1. The molecule has 0 saturated carbocycles. The standard InChI is InChI=1S/C16H26N4O/c1-3-7-13-10-12(11-15(18-13)19-17)16(21)20-9-6-5-8-14(20)4-2/h10-11,14H,3-9,17H2,1-2H3,(H,18,19). The molecule has 2 heterocycles. The van der Waals surface area contributed by atoms with Crippen LogP contribution >= 0.6 is 0 Å². The number of piperidine rings is 1. The molecule has 3 N–H and O–H groups in total. The molecular weight excluding hydrogens is 264 g/mol. The summed E-state index contributed by atoms with van der Waals surface area (Å²) in [6.45, 7) is 5.11. The lowest BCUT2D eigenvalue weighted by Crippen LogP contribution is -2.43. The Morgan fingerprint density at radius 1 is 1.43 bits per heavy atom. The van der Waals surface area contributed by atoms with Crippen molar-refractivity contribution in [2.24, 2.45) is 5.84 Å². The third-order valence-electron chi connectivity index (χ3n) is 4.14. The van der Waals surface area contributed by atoms with Gasteiger partial charge < -0.3 is 10.3 Å². The first-order chi connectivity index (χ1) is 10.2. The van der Waals surface area contributed by atoms with E-state index in [1.165, 1.54) is 6.42 Å². The third-order valence-corrected chi connectivity index (χ3v) is 4.14. The Hall–Kier alpha value is -1.62. The topological polar surface area (TPSA) is 71.2 Å². The molecule has 1 unspecified atom stereocenters. The Morgan fingerprint density at radius 2 is 2.24 bits per heavy atom. The summed E-state index contributed by atoms with van der Waals surface area (Å²) in [5.74, 6) is 6.15. The van der Waals surface area contributed by atoms with Crippen molar-refractivity contribution in [1.82, 2.24) is 9.88 Å². The molecule has 1 aliphatic heterocycles. The van der Waals surface area contributed by atoms with E-state index in [2.05, 4.69) is 24.3 Å². The molecule has 21 heavy (non-hydrogen) atoms. The number of likely N-dealkylation sites (tertiary alicyclic amines) is 1. The van der Waals surface area contributed by atoms with Crippen LogP contribution in [0.2, 0.25) is 0 Å². The fraction of sp³-hybridized carbons (Fsp3) is 0.625. The van der Waals surface area contributed by atoms with Crippen LogP contribution < -0.4 is 11.3 Å². The van der Waals surface area contributed by atoms with Crippen LogP contribution in [0.1, 0.15) is 62.0 Å². The molecule has 0 aromatic carbocycles. The average molecular weight is 290 g/mol. The molecule has 1 aromatic rings. The number of pyridine rings is 1. The predicted octanol–water partition coefficient (Wildman–Crippen LogP) is 2.72. The number of hydrogen-bond acceptors (Lipinski definition) is 4. The van der Waals surface area contributed by atoms with Crippen LogP contribution in [0.4, 0.5) is 5.82 Å². The van der Waals surface area contributed by atoms with Gasteiger partial charge in [0.05, 0.1) is 0 Å². The lowest BCUT2D eigenvalue weighted by molar-refractivity contribution is 0.0608. The number of amides is 1. The van der Waals surface area contributed by atoms with Gasteiger partial charge in [0.25, 0.3) is 5.91 Å². The largest absolute Gasteiger partial charge is 0.336 e. The van der Waals surface area contributed by atoms with E-state index >= 15 is 0 Å². The highest BCUT2D eigenvalue weighted by molar-refractivity contribution is 5.95. The second kappa shape index (κ2) is 7.41. The van der Waals surface area contributed by atoms with Crippen molar-refractivity contribution in [3.63, 3.8) is 0 Å². The lowest BCUT2D eigenvalue weighted by Gasteiger charge is -2.35. The van der Waals surface area contributed by atoms with Crippen molar-refractivity contribution in [1.29, 1.82) is 0 Å². The van der Waals surface area contributed by atoms with Crippen LogP contribution in [0.3, 0.4) is 0 Å². The minimum Gasteiger partial charge on any atom is -0.336 e. The van der Waals surface area contributed by atoms with Crippen molar-refractivity contribution in [2.75, 3.05) is 12.0 Å². The summed E-state index contributed by atoms with van der Waals surface area (Å²) in [6.07, 6.45) is 6.28. The van der Waals surface area contributed by atoms with Gasteiger partial charge in [-0.25, -0.2) is 10.8 Å². The molecule has 1 amide bonds. The van der Waals surface area contributed by atoms with Crippen LogP contribution in [0.15, 0.2) is 12.1 Å². The van der Waals surface area contributed by atoms with Gasteiger partial charge in [0.1, 0.15) is 5.82 Å². The molecule has 2 rings (SSSR count). The van der Waals surface area contributed by atoms with E-state index in [0.29, 0.717) is 17.4 Å². The van der Waals surface area contributed by atoms with Gasteiger partial charge in [-0.3, -0.25) is 4.79 Å². The zero-order chi connectivity index (χ0) is 15.2. The zero-order valence-corrected chi connectivity index (χ0v) is 13.1. The van der Waals surface area contributed by atoms with Gasteiger partial charge in [0, 0.05) is 23.8 Å². The van der Waals surface area contributed by atoms with Crippen molar-refractivity contribution < 1.29 is 4.79 Å². The smallest absolute Gasteiger partial charge is 0.254 e. The van der Waals surface area contributed by atoms with E-state index in [4.69, 9.17) is 5.84 Å². The maximum Gasteiger partial charge on any atom is 0.254 e. The number of aromatic nitrogens is 1. The Bertz CT molecular complexity index is 489. The van der Waals surface area contributed by atoms with Crippen LogP contribution in [-0.4, -0.2) is 28.4 Å². The number of nitrogens with zero attached hydrogens (tertiary/aromatic N) is 2. The summed E-state index contributed by atoms with van der Waals surface area (Å²) in [5.41, 5.74) is 4.18. The number of carbonyl (C=O) groups excluding carboxylic acids is 1. The number of nitrogens with two attached hydrogens (primary N) is 1. The lowest BCUT2D eigenvalue weighted by atomic mass is 9.98. The van der Waals surface area contributed by atoms with Gasteiger partial charge in [-0.15, -0.1) is 0 Å². The number of hydrazine groups is 1. The monoisotopic (exact) mass is 290 g/mol. The second-order valence-corrected chi connectivity index (χ2v) is 5.68. The first-order valence-corrected chi connectivity index (χ1v) is 7.98. The molecule has 0 spiro atoms. The van der Waals surface area contributed by atoms with Gasteiger partial charge >= 0.3 is 0 Å². The minimum absolute atomic E-state index is 0.109. The van der Waals surface area contributed by atoms with Gasteiger partial charge in [0.2, 0.25) is 0 Å². The van der Waals surface area contributed by atoms with E-state index in [-0.39, 0.29) is 5.91 Å². The van der Waals surface area contributed by atoms with Crippen LogP contribution in [0.25, 0.3) is 0 Å². The molecule has 1 fully saturated rings. The van der Waals surface area contributed by atoms with Crippen LogP contribution in [-0.2, 0) is 6.42 Å². The van der Waals surface area contributed by atoms with E-state index in [9.17, 15) is 4.79 Å². The zero-order valence-electron chi connectivity index (χ0n) is 13.1. The third kappa shape index (κ3) is 3.73. The number of nitrogen functional groups attached to an aromatic ring is 1. The maximum atomic E-state index is 12.8. The van der Waals surface area contributed by atoms with Gasteiger partial charge in [-0.2, -0.15) is 0 Å². The van der Waals surface area contributed by atoms with Gasteiger partial charge in [-0.05, 0) is 44.2 Å². The molecule has 116 valence electrons. The highest BCUT2D eigenvalue weighted by Crippen LogP contribution is 2.23. The van der Waals surface area contributed by atoms with Crippen molar-refractivity contribution in [3.8, 4) is 0 Å². The predicted molar refractivity (Wildman–Crippen MR) is 85.0 cm³/mol. The normalized spacial score (nSPS) is 18.6. The molecule has 5 heteroatoms. The summed E-state index contributed by atoms with van der Waals surface area (Å²) in [7, 11) is 0. The first kappa shape index (κ1) is 15.8. The Labute approximate surface area is 126 Å². The Balaban J connectivity index is 2.26. The highest BCUT2D eigenvalue weighted by atomic mass is 16.2. The molecule has 1 aromatic heterocycles. The maximum absolute atomic E-state index is 12.8. The van der Waals surface area contributed by atoms with E-state index < -0.39 is 0 Å². The Kier molecular flexibility index (Phi) is 5.56. The second-order valence-electron chi connectivity index (χ2n) is 5.68. The van der Waals surface area contributed by atoms with E-state index in [0.717, 1.165) is 44.3 Å².